The maximum absolute atomic E-state index is 13.2. The molecule has 2 N–H and O–H groups in total. The Morgan fingerprint density at radius 1 is 1.43 bits per heavy atom. The van der Waals surface area contributed by atoms with Crippen molar-refractivity contribution in [3.63, 3.8) is 0 Å². The molecule has 0 aromatic heterocycles. The van der Waals surface area contributed by atoms with E-state index in [1.165, 1.54) is 19.1 Å². The molecule has 2 aliphatic rings. The molecule has 1 aromatic carbocycles. The molecule has 2 fully saturated rings. The van der Waals surface area contributed by atoms with Crippen LogP contribution in [0, 0.1) is 11.7 Å². The van der Waals surface area contributed by atoms with Gasteiger partial charge in [-0.25, -0.2) is 9.18 Å². The zero-order valence-corrected chi connectivity index (χ0v) is 16.0. The van der Waals surface area contributed by atoms with E-state index in [-0.39, 0.29) is 16.6 Å². The van der Waals surface area contributed by atoms with Gasteiger partial charge in [-0.1, -0.05) is 11.6 Å². The first-order valence-corrected chi connectivity index (χ1v) is 9.09. The summed E-state index contributed by atoms with van der Waals surface area (Å²) in [6.07, 6.45) is 0.475. The SMILES string of the molecule is C[C@@H](OC(=O)CN1C(=O)N[C@](C)(C2CC2)C1=O)C(=O)Nc1ccc(F)c(Cl)c1. The minimum absolute atomic E-state index is 0.0669. The van der Waals surface area contributed by atoms with E-state index < -0.39 is 47.8 Å². The summed E-state index contributed by atoms with van der Waals surface area (Å²) >= 11 is 5.65. The highest BCUT2D eigenvalue weighted by atomic mass is 35.5. The zero-order valence-electron chi connectivity index (χ0n) is 15.3. The molecule has 1 aliphatic heterocycles. The lowest BCUT2D eigenvalue weighted by Gasteiger charge is -2.21. The van der Waals surface area contributed by atoms with Gasteiger partial charge in [-0.3, -0.25) is 19.3 Å². The van der Waals surface area contributed by atoms with E-state index in [0.29, 0.717) is 0 Å². The number of nitrogens with zero attached hydrogens (tertiary/aromatic N) is 1. The van der Waals surface area contributed by atoms with E-state index in [2.05, 4.69) is 10.6 Å². The zero-order chi connectivity index (χ0) is 20.6. The number of imide groups is 1. The Hall–Kier alpha value is -2.68. The summed E-state index contributed by atoms with van der Waals surface area (Å²) in [4.78, 5) is 49.6. The van der Waals surface area contributed by atoms with Crippen LogP contribution in [0.2, 0.25) is 5.02 Å². The first-order chi connectivity index (χ1) is 13.1. The molecule has 150 valence electrons. The lowest BCUT2D eigenvalue weighted by Crippen LogP contribution is -2.46. The van der Waals surface area contributed by atoms with Crippen molar-refractivity contribution in [2.24, 2.45) is 5.92 Å². The fourth-order valence-electron chi connectivity index (χ4n) is 3.03. The molecule has 8 nitrogen and oxygen atoms in total. The highest BCUT2D eigenvalue weighted by Crippen LogP contribution is 2.42. The molecule has 4 amide bonds. The fraction of sp³-hybridized carbons (Fsp3) is 0.444. The standard InChI is InChI=1S/C18H19ClFN3O5/c1-9(15(25)21-11-5-6-13(20)12(19)7-11)28-14(24)8-23-16(26)18(2,10-3-4-10)22-17(23)27/h5-7,9-10H,3-4,8H2,1-2H3,(H,21,25)(H,22,27)/t9-,18-/m1/s1. The number of carbonyl (C=O) groups is 4. The van der Waals surface area contributed by atoms with Crippen LogP contribution in [0.25, 0.3) is 0 Å². The van der Waals surface area contributed by atoms with Gasteiger partial charge in [-0.15, -0.1) is 0 Å². The van der Waals surface area contributed by atoms with E-state index in [1.807, 2.05) is 0 Å². The number of halogens is 2. The number of benzene rings is 1. The van der Waals surface area contributed by atoms with Gasteiger partial charge in [-0.05, 0) is 50.8 Å². The Bertz CT molecular complexity index is 860. The van der Waals surface area contributed by atoms with E-state index in [9.17, 15) is 23.6 Å². The first-order valence-electron chi connectivity index (χ1n) is 8.71. The second kappa shape index (κ2) is 7.38. The summed E-state index contributed by atoms with van der Waals surface area (Å²) in [5.41, 5.74) is -0.768. The third-order valence-electron chi connectivity index (χ3n) is 4.85. The molecule has 10 heteroatoms. The topological polar surface area (TPSA) is 105 Å². The third kappa shape index (κ3) is 3.94. The van der Waals surface area contributed by atoms with Crippen molar-refractivity contribution >= 4 is 41.1 Å². The number of urea groups is 1. The van der Waals surface area contributed by atoms with Gasteiger partial charge >= 0.3 is 12.0 Å². The van der Waals surface area contributed by atoms with Crippen molar-refractivity contribution in [1.29, 1.82) is 0 Å². The van der Waals surface area contributed by atoms with Crippen LogP contribution < -0.4 is 10.6 Å². The van der Waals surface area contributed by atoms with Crippen LogP contribution in [0.3, 0.4) is 0 Å². The van der Waals surface area contributed by atoms with E-state index in [1.54, 1.807) is 6.92 Å². The van der Waals surface area contributed by atoms with E-state index in [4.69, 9.17) is 16.3 Å². The lowest BCUT2D eigenvalue weighted by atomic mass is 9.96. The molecule has 0 radical (unpaired) electrons. The summed E-state index contributed by atoms with van der Waals surface area (Å²) in [5.74, 6) is -2.61. The fourth-order valence-corrected chi connectivity index (χ4v) is 3.21. The van der Waals surface area contributed by atoms with Crippen LogP contribution in [-0.4, -0.2) is 46.9 Å². The maximum atomic E-state index is 13.2. The average molecular weight is 412 g/mol. The predicted octanol–water partition coefficient (Wildman–Crippen LogP) is 2.07. The number of hydrogen-bond acceptors (Lipinski definition) is 5. The molecule has 1 saturated carbocycles. The Kier molecular flexibility index (Phi) is 5.29. The van der Waals surface area contributed by atoms with Crippen LogP contribution in [0.1, 0.15) is 26.7 Å². The Morgan fingerprint density at radius 3 is 2.71 bits per heavy atom. The summed E-state index contributed by atoms with van der Waals surface area (Å²) < 4.78 is 18.2. The second-order valence-corrected chi connectivity index (χ2v) is 7.46. The molecule has 0 unspecified atom stereocenters. The summed E-state index contributed by atoms with van der Waals surface area (Å²) in [6, 6.07) is 2.95. The Morgan fingerprint density at radius 2 is 2.11 bits per heavy atom. The first kappa shape index (κ1) is 20.1. The van der Waals surface area contributed by atoms with Gasteiger partial charge in [0.1, 0.15) is 17.9 Å². The van der Waals surface area contributed by atoms with E-state index >= 15 is 0 Å². The molecule has 1 heterocycles. The molecule has 0 bridgehead atoms. The van der Waals surface area contributed by atoms with Crippen molar-refractivity contribution in [1.82, 2.24) is 10.2 Å². The Balaban J connectivity index is 1.55. The molecule has 1 aromatic rings. The highest BCUT2D eigenvalue weighted by Gasteiger charge is 2.56. The van der Waals surface area contributed by atoms with Crippen molar-refractivity contribution in [3.8, 4) is 0 Å². The number of carbonyl (C=O) groups excluding carboxylic acids is 4. The number of rotatable bonds is 6. The van der Waals surface area contributed by atoms with Crippen molar-refractivity contribution in [3.05, 3.63) is 29.0 Å². The molecular weight excluding hydrogens is 393 g/mol. The van der Waals surface area contributed by atoms with Crippen LogP contribution in [-0.2, 0) is 19.1 Å². The highest BCUT2D eigenvalue weighted by molar-refractivity contribution is 6.31. The van der Waals surface area contributed by atoms with Crippen molar-refractivity contribution in [2.75, 3.05) is 11.9 Å². The largest absolute Gasteiger partial charge is 0.451 e. The summed E-state index contributed by atoms with van der Waals surface area (Å²) in [7, 11) is 0. The van der Waals surface area contributed by atoms with Crippen molar-refractivity contribution in [2.45, 2.75) is 38.3 Å². The lowest BCUT2D eigenvalue weighted by molar-refractivity contribution is -0.155. The van der Waals surface area contributed by atoms with Gasteiger partial charge in [0.05, 0.1) is 5.02 Å². The molecule has 3 rings (SSSR count). The number of esters is 1. The molecule has 0 spiro atoms. The van der Waals surface area contributed by atoms with Gasteiger partial charge in [-0.2, -0.15) is 0 Å². The van der Waals surface area contributed by atoms with Crippen LogP contribution in [0.5, 0.6) is 0 Å². The van der Waals surface area contributed by atoms with Gasteiger partial charge in [0.25, 0.3) is 11.8 Å². The minimum atomic E-state index is -1.20. The van der Waals surface area contributed by atoms with Gasteiger partial charge < -0.3 is 15.4 Å². The van der Waals surface area contributed by atoms with Crippen LogP contribution in [0.4, 0.5) is 14.9 Å². The van der Waals surface area contributed by atoms with Crippen LogP contribution in [0.15, 0.2) is 18.2 Å². The molecule has 1 aliphatic carbocycles. The van der Waals surface area contributed by atoms with Crippen molar-refractivity contribution < 1.29 is 28.3 Å². The maximum Gasteiger partial charge on any atom is 0.327 e. The normalized spacial score (nSPS) is 22.6. The van der Waals surface area contributed by atoms with Gasteiger partial charge in [0, 0.05) is 5.69 Å². The second-order valence-electron chi connectivity index (χ2n) is 7.05. The number of ether oxygens (including phenoxy) is 1. The van der Waals surface area contributed by atoms with E-state index in [0.717, 1.165) is 23.8 Å². The van der Waals surface area contributed by atoms with Gasteiger partial charge in [0.2, 0.25) is 0 Å². The monoisotopic (exact) mass is 411 g/mol. The number of amides is 4. The number of anilines is 1. The average Bonchev–Trinajstić information content (AvgIpc) is 3.44. The molecule has 28 heavy (non-hydrogen) atoms. The summed E-state index contributed by atoms with van der Waals surface area (Å²) in [6.45, 7) is 2.38. The minimum Gasteiger partial charge on any atom is -0.451 e. The number of nitrogens with one attached hydrogen (secondary N) is 2. The number of hydrogen-bond donors (Lipinski definition) is 2. The summed E-state index contributed by atoms with van der Waals surface area (Å²) in [5, 5.41) is 4.89. The molecule has 1 saturated heterocycles. The predicted molar refractivity (Wildman–Crippen MR) is 97.0 cm³/mol. The Labute approximate surface area is 165 Å². The molecular formula is C18H19ClFN3O5. The molecule has 2 atom stereocenters. The van der Waals surface area contributed by atoms with Crippen LogP contribution >= 0.6 is 11.6 Å². The smallest absolute Gasteiger partial charge is 0.327 e. The van der Waals surface area contributed by atoms with Gasteiger partial charge in [0.15, 0.2) is 6.10 Å². The quantitative estimate of drug-likeness (QED) is 0.550. The third-order valence-corrected chi connectivity index (χ3v) is 5.14.